The number of carbonyl (C=O) groups excluding carboxylic acids is 2. The molecule has 134 valence electrons. The van der Waals surface area contributed by atoms with Gasteiger partial charge < -0.3 is 14.6 Å². The number of thioether (sulfide) groups is 1. The minimum Gasteiger partial charge on any atom is -0.481 e. The highest BCUT2D eigenvalue weighted by Crippen LogP contribution is 2.57. The molecular weight excluding hydrogens is 332 g/mol. The van der Waals surface area contributed by atoms with Crippen molar-refractivity contribution in [2.75, 3.05) is 0 Å². The number of carboxylic acids is 1. The largest absolute Gasteiger partial charge is 0.481 e. The minimum atomic E-state index is -1.21. The molecule has 0 saturated carbocycles. The lowest BCUT2D eigenvalue weighted by Gasteiger charge is -2.45. The van der Waals surface area contributed by atoms with Gasteiger partial charge in [-0.25, -0.2) is 0 Å². The highest BCUT2D eigenvalue weighted by atomic mass is 32.2. The monoisotopic (exact) mass is 356 g/mol. The third-order valence-electron chi connectivity index (χ3n) is 4.58. The molecule has 2 heterocycles. The van der Waals surface area contributed by atoms with Crippen molar-refractivity contribution in [1.82, 2.24) is 0 Å². The van der Waals surface area contributed by atoms with Crippen LogP contribution in [0, 0.1) is 11.8 Å². The molecule has 0 aromatic heterocycles. The Hall–Kier alpha value is -1.50. The zero-order valence-electron chi connectivity index (χ0n) is 14.6. The second kappa shape index (κ2) is 6.43. The number of ether oxygens (including phenoxy) is 2. The Balaban J connectivity index is 2.25. The summed E-state index contributed by atoms with van der Waals surface area (Å²) in [5, 5.41) is 9.07. The molecule has 7 heteroatoms. The van der Waals surface area contributed by atoms with E-state index < -0.39 is 29.6 Å². The quantitative estimate of drug-likeness (QED) is 0.444. The maximum absolute atomic E-state index is 11.9. The van der Waals surface area contributed by atoms with Crippen LogP contribution in [-0.4, -0.2) is 44.7 Å². The maximum Gasteiger partial charge on any atom is 0.317 e. The van der Waals surface area contributed by atoms with Crippen molar-refractivity contribution in [3.63, 3.8) is 0 Å². The lowest BCUT2D eigenvalue weighted by molar-refractivity contribution is -0.178. The van der Waals surface area contributed by atoms with Gasteiger partial charge in [-0.1, -0.05) is 12.2 Å². The molecule has 1 saturated heterocycles. The number of carboxylic acid groups (broad SMARTS) is 1. The van der Waals surface area contributed by atoms with Crippen LogP contribution in [0.1, 0.15) is 41.0 Å². The van der Waals surface area contributed by atoms with E-state index in [1.165, 1.54) is 6.92 Å². The van der Waals surface area contributed by atoms with Gasteiger partial charge in [0.25, 0.3) is 0 Å². The van der Waals surface area contributed by atoms with E-state index in [9.17, 15) is 14.4 Å². The summed E-state index contributed by atoms with van der Waals surface area (Å²) < 4.78 is 11.1. The third-order valence-corrected chi connectivity index (χ3v) is 6.11. The molecule has 4 unspecified atom stereocenters. The molecule has 2 bridgehead atoms. The number of fused-ring (bicyclic) bond motifs is 2. The van der Waals surface area contributed by atoms with Crippen LogP contribution < -0.4 is 0 Å². The van der Waals surface area contributed by atoms with Crippen LogP contribution in [-0.2, 0) is 23.9 Å². The molecule has 0 amide bonds. The number of esters is 2. The molecule has 1 fully saturated rings. The SMILES string of the molecule is CC(=O)OC(C)(C)C1C2C=CC(S2)C1C(C)(C)OC(=O)CC(=O)O. The van der Waals surface area contributed by atoms with Gasteiger partial charge in [-0.3, -0.25) is 14.4 Å². The molecule has 2 rings (SSSR count). The summed E-state index contributed by atoms with van der Waals surface area (Å²) >= 11 is 1.76. The molecule has 4 atom stereocenters. The van der Waals surface area contributed by atoms with Crippen molar-refractivity contribution < 1.29 is 29.0 Å². The van der Waals surface area contributed by atoms with Crippen LogP contribution in [0.25, 0.3) is 0 Å². The van der Waals surface area contributed by atoms with E-state index in [1.54, 1.807) is 25.6 Å². The topological polar surface area (TPSA) is 89.9 Å². The Bertz CT molecular complexity index is 580. The number of hydrogen-bond acceptors (Lipinski definition) is 6. The molecule has 0 aromatic carbocycles. The molecule has 0 spiro atoms. The second-order valence-corrected chi connectivity index (χ2v) is 8.71. The Morgan fingerprint density at radius 3 is 1.88 bits per heavy atom. The van der Waals surface area contributed by atoms with Gasteiger partial charge in [0.2, 0.25) is 0 Å². The first-order chi connectivity index (χ1) is 10.9. The Labute approximate surface area is 146 Å². The van der Waals surface area contributed by atoms with Gasteiger partial charge in [-0.05, 0) is 27.7 Å². The van der Waals surface area contributed by atoms with Crippen molar-refractivity contribution in [1.29, 1.82) is 0 Å². The van der Waals surface area contributed by atoms with Crippen molar-refractivity contribution in [3.8, 4) is 0 Å². The highest BCUT2D eigenvalue weighted by molar-refractivity contribution is 8.01. The standard InChI is InChI=1S/C17H24O6S/c1-9(18)22-16(2,3)14-10-6-7-11(24-10)15(14)17(4,5)23-13(21)8-12(19)20/h6-7,10-11,14-15H,8H2,1-5H3,(H,19,20). The summed E-state index contributed by atoms with van der Waals surface area (Å²) in [5.74, 6) is -2.43. The fourth-order valence-corrected chi connectivity index (χ4v) is 5.98. The Morgan fingerprint density at radius 1 is 1.00 bits per heavy atom. The zero-order chi connectivity index (χ0) is 18.3. The lowest BCUT2D eigenvalue weighted by Crippen LogP contribution is -2.52. The van der Waals surface area contributed by atoms with E-state index >= 15 is 0 Å². The van der Waals surface area contributed by atoms with Crippen LogP contribution in [0.2, 0.25) is 0 Å². The van der Waals surface area contributed by atoms with Crippen LogP contribution in [0.5, 0.6) is 0 Å². The van der Waals surface area contributed by atoms with E-state index in [-0.39, 0.29) is 28.3 Å². The van der Waals surface area contributed by atoms with Crippen molar-refractivity contribution in [3.05, 3.63) is 12.2 Å². The average Bonchev–Trinajstić information content (AvgIpc) is 2.95. The molecule has 6 nitrogen and oxygen atoms in total. The zero-order valence-corrected chi connectivity index (χ0v) is 15.4. The number of rotatable bonds is 6. The predicted molar refractivity (Wildman–Crippen MR) is 89.6 cm³/mol. The van der Waals surface area contributed by atoms with E-state index in [0.717, 1.165) is 0 Å². The molecule has 0 aliphatic carbocycles. The maximum atomic E-state index is 11.9. The fraction of sp³-hybridized carbons (Fsp3) is 0.706. The number of hydrogen-bond donors (Lipinski definition) is 1. The Kier molecular flexibility index (Phi) is 5.04. The lowest BCUT2D eigenvalue weighted by atomic mass is 9.67. The summed E-state index contributed by atoms with van der Waals surface area (Å²) in [7, 11) is 0. The van der Waals surface area contributed by atoms with Crippen LogP contribution in [0.15, 0.2) is 12.2 Å². The molecule has 24 heavy (non-hydrogen) atoms. The number of carbonyl (C=O) groups is 3. The minimum absolute atomic E-state index is 0.0333. The predicted octanol–water partition coefficient (Wildman–Crippen LogP) is 2.41. The van der Waals surface area contributed by atoms with Gasteiger partial charge in [0.15, 0.2) is 0 Å². The summed E-state index contributed by atoms with van der Waals surface area (Å²) in [6.45, 7) is 8.71. The second-order valence-electron chi connectivity index (χ2n) is 7.35. The van der Waals surface area contributed by atoms with E-state index in [0.29, 0.717) is 0 Å². The van der Waals surface area contributed by atoms with Gasteiger partial charge in [0.05, 0.1) is 0 Å². The first-order valence-electron chi connectivity index (χ1n) is 7.91. The van der Waals surface area contributed by atoms with Gasteiger partial charge in [0.1, 0.15) is 17.6 Å². The third kappa shape index (κ3) is 3.77. The Morgan fingerprint density at radius 2 is 1.46 bits per heavy atom. The first-order valence-corrected chi connectivity index (χ1v) is 8.85. The van der Waals surface area contributed by atoms with E-state index in [1.807, 2.05) is 13.8 Å². The summed E-state index contributed by atoms with van der Waals surface area (Å²) in [6, 6.07) is 0. The number of aliphatic carboxylic acids is 1. The van der Waals surface area contributed by atoms with Gasteiger partial charge >= 0.3 is 17.9 Å². The molecule has 1 N–H and O–H groups in total. The highest BCUT2D eigenvalue weighted by Gasteiger charge is 2.59. The van der Waals surface area contributed by atoms with Crippen LogP contribution in [0.4, 0.5) is 0 Å². The van der Waals surface area contributed by atoms with Crippen LogP contribution >= 0.6 is 11.8 Å². The molecular formula is C17H24O6S. The summed E-state index contributed by atoms with van der Waals surface area (Å²) in [4.78, 5) is 34.0. The van der Waals surface area contributed by atoms with Crippen LogP contribution in [0.3, 0.4) is 0 Å². The smallest absolute Gasteiger partial charge is 0.317 e. The normalized spacial score (nSPS) is 28.7. The first kappa shape index (κ1) is 18.8. The summed E-state index contributed by atoms with van der Waals surface area (Å²) in [6.07, 6.45) is 3.54. The average molecular weight is 356 g/mol. The van der Waals surface area contributed by atoms with E-state index in [2.05, 4.69) is 12.2 Å². The van der Waals surface area contributed by atoms with Gasteiger partial charge in [-0.2, -0.15) is 0 Å². The fourth-order valence-electron chi connectivity index (χ4n) is 3.92. The van der Waals surface area contributed by atoms with Gasteiger partial charge in [0, 0.05) is 29.3 Å². The van der Waals surface area contributed by atoms with Crippen molar-refractivity contribution in [2.24, 2.45) is 11.8 Å². The molecule has 0 aromatic rings. The van der Waals surface area contributed by atoms with E-state index in [4.69, 9.17) is 14.6 Å². The van der Waals surface area contributed by atoms with Gasteiger partial charge in [-0.15, -0.1) is 11.8 Å². The molecule has 2 aliphatic rings. The summed E-state index contributed by atoms with van der Waals surface area (Å²) in [5.41, 5.74) is -1.59. The van der Waals surface area contributed by atoms with Crippen molar-refractivity contribution in [2.45, 2.75) is 62.7 Å². The molecule has 0 radical (unpaired) electrons. The molecule has 2 aliphatic heterocycles. The van der Waals surface area contributed by atoms with Crippen molar-refractivity contribution >= 4 is 29.7 Å².